The number of ether oxygens (including phenoxy) is 1. The topological polar surface area (TPSA) is 48.2 Å². The van der Waals surface area contributed by atoms with E-state index >= 15 is 0 Å². The van der Waals surface area contributed by atoms with Crippen LogP contribution in [-0.2, 0) is 0 Å². The number of halogens is 2. The Morgan fingerprint density at radius 2 is 1.83 bits per heavy atom. The molecule has 0 atom stereocenters. The van der Waals surface area contributed by atoms with E-state index in [9.17, 15) is 4.39 Å². The van der Waals surface area contributed by atoms with E-state index in [1.54, 1.807) is 24.3 Å². The predicted octanol–water partition coefficient (Wildman–Crippen LogP) is 6.21. The highest BCUT2D eigenvalue weighted by molar-refractivity contribution is 6.83. The molecular formula is C22H22ClFN2O2Si-. The standard InChI is InChI=1S/C22H22ClFN2O2Si/c1-14(2)27-20-9-7-16(13-18(20)23)21-25-22(28-26-21)17-6-8-19(24)15(12-17)10-11-29(3,4)5/h6-9,12-14H,1-5H3/q-1. The van der Waals surface area contributed by atoms with E-state index in [1.807, 2.05) is 19.9 Å². The molecule has 1 aromatic heterocycles. The van der Waals surface area contributed by atoms with Crippen LogP contribution in [0.25, 0.3) is 22.8 Å². The smallest absolute Gasteiger partial charge is 0.258 e. The molecule has 0 radical (unpaired) electrons. The highest BCUT2D eigenvalue weighted by Gasteiger charge is 2.14. The maximum absolute atomic E-state index is 14.1. The van der Waals surface area contributed by atoms with Gasteiger partial charge in [-0.25, -0.2) is 4.39 Å². The fourth-order valence-corrected chi connectivity index (χ4v) is 3.19. The molecule has 0 saturated carbocycles. The van der Waals surface area contributed by atoms with Crippen molar-refractivity contribution in [1.82, 2.24) is 10.1 Å². The second kappa shape index (κ2) is 8.40. The van der Waals surface area contributed by atoms with Crippen molar-refractivity contribution in [2.45, 2.75) is 39.6 Å². The number of nitrogens with zero attached hydrogens (tertiary/aromatic N) is 2. The lowest BCUT2D eigenvalue weighted by atomic mass is 10.1. The molecule has 0 aliphatic heterocycles. The normalized spacial score (nSPS) is 11.3. The Kier molecular flexibility index (Phi) is 6.11. The van der Waals surface area contributed by atoms with Crippen LogP contribution in [0, 0.1) is 17.3 Å². The fraction of sp³-hybridized carbons (Fsp3) is 0.273. The van der Waals surface area contributed by atoms with Gasteiger partial charge in [-0.3, -0.25) is 5.54 Å². The van der Waals surface area contributed by atoms with Crippen molar-refractivity contribution < 1.29 is 13.7 Å². The van der Waals surface area contributed by atoms with Crippen molar-refractivity contribution in [1.29, 1.82) is 0 Å². The molecule has 0 fully saturated rings. The van der Waals surface area contributed by atoms with Crippen LogP contribution >= 0.6 is 11.6 Å². The average molecular weight is 429 g/mol. The van der Waals surface area contributed by atoms with Crippen molar-refractivity contribution in [2.24, 2.45) is 0 Å². The first kappa shape index (κ1) is 21.1. The Morgan fingerprint density at radius 1 is 1.10 bits per heavy atom. The van der Waals surface area contributed by atoms with E-state index in [0.29, 0.717) is 33.3 Å². The number of benzene rings is 2. The van der Waals surface area contributed by atoms with Gasteiger partial charge in [0.25, 0.3) is 5.89 Å². The van der Waals surface area contributed by atoms with Crippen molar-refractivity contribution in [2.75, 3.05) is 0 Å². The third-order valence-corrected chi connectivity index (χ3v) is 4.93. The Labute approximate surface area is 176 Å². The molecule has 0 aliphatic rings. The van der Waals surface area contributed by atoms with E-state index in [1.165, 1.54) is 6.07 Å². The number of hydrogen-bond acceptors (Lipinski definition) is 4. The summed E-state index contributed by atoms with van der Waals surface area (Å²) >= 11 is 6.29. The van der Waals surface area contributed by atoms with Crippen LogP contribution in [-0.4, -0.2) is 24.3 Å². The van der Waals surface area contributed by atoms with Gasteiger partial charge in [0.2, 0.25) is 5.82 Å². The quantitative estimate of drug-likeness (QED) is 0.366. The first-order valence-electron chi connectivity index (χ1n) is 9.26. The number of aromatic nitrogens is 2. The Morgan fingerprint density at radius 3 is 2.48 bits per heavy atom. The molecule has 7 heteroatoms. The fourth-order valence-electron chi connectivity index (χ4n) is 2.46. The van der Waals surface area contributed by atoms with Gasteiger partial charge in [-0.1, -0.05) is 24.8 Å². The monoisotopic (exact) mass is 428 g/mol. The van der Waals surface area contributed by atoms with Crippen molar-refractivity contribution in [3.63, 3.8) is 0 Å². The Balaban J connectivity index is 1.90. The van der Waals surface area contributed by atoms with Gasteiger partial charge in [0.1, 0.15) is 11.6 Å². The van der Waals surface area contributed by atoms with Gasteiger partial charge in [0.15, 0.2) is 0 Å². The lowest BCUT2D eigenvalue weighted by Crippen LogP contribution is -2.16. The van der Waals surface area contributed by atoms with Gasteiger partial charge in [0, 0.05) is 11.1 Å². The van der Waals surface area contributed by atoms with Gasteiger partial charge in [-0.15, -0.1) is 5.92 Å². The largest absolute Gasteiger partial charge is 0.489 e. The molecule has 151 valence electrons. The van der Waals surface area contributed by atoms with Crippen LogP contribution in [0.4, 0.5) is 4.39 Å². The van der Waals surface area contributed by atoms with E-state index in [-0.39, 0.29) is 17.8 Å². The minimum Gasteiger partial charge on any atom is -0.489 e. The Bertz CT molecular complexity index is 1090. The molecule has 0 saturated heterocycles. The molecule has 3 rings (SSSR count). The molecular weight excluding hydrogens is 407 g/mol. The minimum atomic E-state index is -1.62. The summed E-state index contributed by atoms with van der Waals surface area (Å²) in [5.74, 6) is 3.85. The minimum absolute atomic E-state index is 0.0202. The van der Waals surface area contributed by atoms with Crippen molar-refractivity contribution in [3.8, 4) is 40.1 Å². The molecule has 3 aromatic rings. The van der Waals surface area contributed by atoms with E-state index in [4.69, 9.17) is 20.9 Å². The highest BCUT2D eigenvalue weighted by atomic mass is 35.5. The van der Waals surface area contributed by atoms with Crippen LogP contribution in [0.15, 0.2) is 40.9 Å². The summed E-state index contributed by atoms with van der Waals surface area (Å²) in [4.78, 5) is 4.42. The van der Waals surface area contributed by atoms with Gasteiger partial charge in [-0.05, 0) is 50.2 Å². The molecule has 0 unspecified atom stereocenters. The molecule has 0 N–H and O–H groups in total. The molecule has 1 heterocycles. The Hall–Kier alpha value is -2.62. The van der Waals surface area contributed by atoms with E-state index in [0.717, 1.165) is 0 Å². The molecule has 0 spiro atoms. The van der Waals surface area contributed by atoms with E-state index < -0.39 is 8.07 Å². The number of rotatable bonds is 4. The molecule has 2 aromatic carbocycles. The van der Waals surface area contributed by atoms with Crippen molar-refractivity contribution in [3.05, 3.63) is 52.8 Å². The van der Waals surface area contributed by atoms with Crippen molar-refractivity contribution >= 4 is 19.7 Å². The first-order valence-corrected chi connectivity index (χ1v) is 13.1. The van der Waals surface area contributed by atoms with Gasteiger partial charge in [0.05, 0.1) is 16.7 Å². The van der Waals surface area contributed by atoms with Crippen LogP contribution in [0.3, 0.4) is 0 Å². The average Bonchev–Trinajstić information content (AvgIpc) is 3.12. The maximum atomic E-state index is 14.1. The second-order valence-corrected chi connectivity index (χ2v) is 13.1. The zero-order valence-corrected chi connectivity index (χ0v) is 18.8. The number of hydrogen-bond donors (Lipinski definition) is 0. The molecule has 29 heavy (non-hydrogen) atoms. The maximum Gasteiger partial charge on any atom is 0.258 e. The summed E-state index contributed by atoms with van der Waals surface area (Å²) in [7, 11) is -1.62. The predicted molar refractivity (Wildman–Crippen MR) is 116 cm³/mol. The summed E-state index contributed by atoms with van der Waals surface area (Å²) in [5.41, 5.74) is 4.80. The third kappa shape index (κ3) is 5.46. The second-order valence-electron chi connectivity index (χ2n) is 7.93. The van der Waals surface area contributed by atoms with Gasteiger partial charge < -0.3 is 9.26 Å². The lowest BCUT2D eigenvalue weighted by molar-refractivity contribution is 0.242. The lowest BCUT2D eigenvalue weighted by Gasteiger charge is -2.17. The zero-order chi connectivity index (χ0) is 21.2. The summed E-state index contributed by atoms with van der Waals surface area (Å²) < 4.78 is 25.1. The van der Waals surface area contributed by atoms with Crippen LogP contribution in [0.2, 0.25) is 24.7 Å². The van der Waals surface area contributed by atoms with Crippen LogP contribution < -0.4 is 4.74 Å². The summed E-state index contributed by atoms with van der Waals surface area (Å²) in [6.07, 6.45) is 0.0202. The molecule has 0 aliphatic carbocycles. The van der Waals surface area contributed by atoms with Gasteiger partial charge in [-0.2, -0.15) is 24.6 Å². The summed E-state index contributed by atoms with van der Waals surface area (Å²) in [6.45, 7) is 10.2. The third-order valence-electron chi connectivity index (χ3n) is 3.76. The summed E-state index contributed by atoms with van der Waals surface area (Å²) in [5, 5.41) is 4.49. The van der Waals surface area contributed by atoms with Crippen LogP contribution in [0.5, 0.6) is 5.75 Å². The first-order chi connectivity index (χ1) is 13.6. The molecule has 0 bridgehead atoms. The highest BCUT2D eigenvalue weighted by Crippen LogP contribution is 2.31. The molecule has 0 amide bonds. The van der Waals surface area contributed by atoms with E-state index in [2.05, 4.69) is 41.2 Å². The zero-order valence-electron chi connectivity index (χ0n) is 17.0. The molecule has 4 nitrogen and oxygen atoms in total. The van der Waals surface area contributed by atoms with Gasteiger partial charge >= 0.3 is 0 Å². The van der Waals surface area contributed by atoms with Crippen LogP contribution in [0.1, 0.15) is 19.4 Å². The SMILES string of the molecule is CC(C)Oc1ccc(-c2noc(-c3ccc(F)c(C#C[Si-](C)(C)C)c3)n2)cc1Cl. The summed E-state index contributed by atoms with van der Waals surface area (Å²) in [6, 6.07) is 9.90.